The first-order valence-electron chi connectivity index (χ1n) is 10.00. The molecule has 0 spiro atoms. The molecule has 29 heavy (non-hydrogen) atoms. The highest BCUT2D eigenvalue weighted by Crippen LogP contribution is 2.28. The zero-order chi connectivity index (χ0) is 21.2. The minimum absolute atomic E-state index is 0.0553. The van der Waals surface area contributed by atoms with Crippen LogP contribution < -0.4 is 0 Å². The van der Waals surface area contributed by atoms with Gasteiger partial charge in [0.2, 0.25) is 10.0 Å². The quantitative estimate of drug-likeness (QED) is 0.654. The molecule has 3 rings (SSSR count). The lowest BCUT2D eigenvalue weighted by Gasteiger charge is -2.38. The van der Waals surface area contributed by atoms with Gasteiger partial charge in [-0.1, -0.05) is 11.6 Å². The van der Waals surface area contributed by atoms with Gasteiger partial charge in [-0.2, -0.15) is 4.31 Å². The minimum atomic E-state index is -3.77. The third-order valence-corrected chi connectivity index (χ3v) is 8.04. The molecule has 0 unspecified atom stereocenters. The van der Waals surface area contributed by atoms with E-state index in [2.05, 4.69) is 0 Å². The lowest BCUT2D eigenvalue weighted by molar-refractivity contribution is -0.140. The zero-order valence-corrected chi connectivity index (χ0v) is 18.3. The number of carbonyl (C=O) groups excluding carboxylic acids is 2. The van der Waals surface area contributed by atoms with E-state index in [1.807, 2.05) is 13.8 Å². The van der Waals surface area contributed by atoms with Gasteiger partial charge in [-0.15, -0.1) is 0 Å². The van der Waals surface area contributed by atoms with Crippen LogP contribution in [0, 0.1) is 0 Å². The second kappa shape index (κ2) is 9.02. The summed E-state index contributed by atoms with van der Waals surface area (Å²) in [4.78, 5) is 26.7. The summed E-state index contributed by atoms with van der Waals surface area (Å²) >= 11 is 6.11. The Morgan fingerprint density at radius 1 is 1.10 bits per heavy atom. The number of benzene rings is 1. The molecular formula is C20H27ClN2O5S. The molecule has 0 radical (unpaired) electrons. The van der Waals surface area contributed by atoms with Gasteiger partial charge in [-0.3, -0.25) is 4.79 Å². The Bertz CT molecular complexity index is 873. The van der Waals surface area contributed by atoms with Crippen LogP contribution in [0.25, 0.3) is 0 Å². The van der Waals surface area contributed by atoms with Gasteiger partial charge in [0.1, 0.15) is 4.90 Å². The number of piperidine rings is 1. The Balaban J connectivity index is 1.70. The normalized spacial score (nSPS) is 23.2. The van der Waals surface area contributed by atoms with E-state index in [4.69, 9.17) is 16.3 Å². The van der Waals surface area contributed by atoms with Crippen LogP contribution >= 0.6 is 11.6 Å². The van der Waals surface area contributed by atoms with Crippen molar-refractivity contribution in [1.29, 1.82) is 0 Å². The van der Waals surface area contributed by atoms with Crippen LogP contribution in [0.2, 0.25) is 5.02 Å². The van der Waals surface area contributed by atoms with Gasteiger partial charge in [-0.25, -0.2) is 13.2 Å². The summed E-state index contributed by atoms with van der Waals surface area (Å²) in [5.41, 5.74) is 0.0553. The Kier molecular flexibility index (Phi) is 6.86. The summed E-state index contributed by atoms with van der Waals surface area (Å²) in [6.45, 7) is 4.49. The van der Waals surface area contributed by atoms with Crippen LogP contribution in [0.1, 0.15) is 56.3 Å². The Hall–Kier alpha value is -1.64. The van der Waals surface area contributed by atoms with Gasteiger partial charge in [0, 0.05) is 25.2 Å². The number of amides is 1. The Labute approximate surface area is 177 Å². The van der Waals surface area contributed by atoms with E-state index in [1.54, 1.807) is 4.90 Å². The molecule has 1 aromatic carbocycles. The van der Waals surface area contributed by atoms with Crippen molar-refractivity contribution >= 4 is 33.5 Å². The fraction of sp³-hybridized carbons (Fsp3) is 0.600. The van der Waals surface area contributed by atoms with Crippen molar-refractivity contribution < 1.29 is 22.7 Å². The maximum atomic E-state index is 12.8. The van der Waals surface area contributed by atoms with Crippen LogP contribution in [0.5, 0.6) is 0 Å². The molecule has 0 N–H and O–H groups in total. The van der Waals surface area contributed by atoms with Gasteiger partial charge in [0.15, 0.2) is 6.61 Å². The highest BCUT2D eigenvalue weighted by atomic mass is 35.5. The smallest absolute Gasteiger partial charge is 0.338 e. The number of likely N-dealkylation sites (tertiary alicyclic amines) is 1. The summed E-state index contributed by atoms with van der Waals surface area (Å²) in [6, 6.07) is 4.23. The van der Waals surface area contributed by atoms with Gasteiger partial charge < -0.3 is 9.64 Å². The number of sulfonamides is 1. The highest BCUT2D eigenvalue weighted by molar-refractivity contribution is 7.89. The van der Waals surface area contributed by atoms with Gasteiger partial charge >= 0.3 is 5.97 Å². The van der Waals surface area contributed by atoms with Crippen molar-refractivity contribution in [3.63, 3.8) is 0 Å². The monoisotopic (exact) mass is 442 g/mol. The van der Waals surface area contributed by atoms with Crippen molar-refractivity contribution in [2.75, 3.05) is 19.7 Å². The molecule has 2 saturated heterocycles. The number of rotatable bonds is 5. The lowest BCUT2D eigenvalue weighted by atomic mass is 9.97. The molecule has 0 aromatic heterocycles. The number of nitrogens with zero attached hydrogens (tertiary/aromatic N) is 2. The highest BCUT2D eigenvalue weighted by Gasteiger charge is 2.31. The van der Waals surface area contributed by atoms with E-state index in [9.17, 15) is 18.0 Å². The average molecular weight is 443 g/mol. The molecule has 160 valence electrons. The summed E-state index contributed by atoms with van der Waals surface area (Å²) in [7, 11) is -3.77. The van der Waals surface area contributed by atoms with Gasteiger partial charge in [0.25, 0.3) is 5.91 Å². The minimum Gasteiger partial charge on any atom is -0.452 e. The fourth-order valence-corrected chi connectivity index (χ4v) is 6.11. The number of hydrogen-bond donors (Lipinski definition) is 0. The van der Waals surface area contributed by atoms with Gasteiger partial charge in [-0.05, 0) is 64.2 Å². The van der Waals surface area contributed by atoms with Crippen molar-refractivity contribution in [2.45, 2.75) is 62.9 Å². The van der Waals surface area contributed by atoms with Crippen LogP contribution in [0.15, 0.2) is 23.1 Å². The number of ether oxygens (including phenoxy) is 1. The van der Waals surface area contributed by atoms with Crippen molar-refractivity contribution in [3.8, 4) is 0 Å². The van der Waals surface area contributed by atoms with Crippen LogP contribution in [0.3, 0.4) is 0 Å². The van der Waals surface area contributed by atoms with E-state index >= 15 is 0 Å². The number of carbonyl (C=O) groups is 2. The maximum absolute atomic E-state index is 12.8. The maximum Gasteiger partial charge on any atom is 0.338 e. The second-order valence-corrected chi connectivity index (χ2v) is 10.1. The van der Waals surface area contributed by atoms with E-state index in [1.165, 1.54) is 22.5 Å². The molecule has 2 atom stereocenters. The topological polar surface area (TPSA) is 84.0 Å². The molecule has 0 bridgehead atoms. The second-order valence-electron chi connectivity index (χ2n) is 7.76. The summed E-state index contributed by atoms with van der Waals surface area (Å²) in [5.74, 6) is -0.984. The third kappa shape index (κ3) is 4.75. The summed E-state index contributed by atoms with van der Waals surface area (Å²) in [6.07, 6.45) is 4.53. The largest absolute Gasteiger partial charge is 0.452 e. The van der Waals surface area contributed by atoms with E-state index < -0.39 is 16.0 Å². The number of esters is 1. The van der Waals surface area contributed by atoms with E-state index in [0.717, 1.165) is 32.1 Å². The number of hydrogen-bond acceptors (Lipinski definition) is 5. The molecule has 2 aliphatic heterocycles. The molecular weight excluding hydrogens is 416 g/mol. The predicted octanol–water partition coefficient (Wildman–Crippen LogP) is 3.07. The first-order valence-corrected chi connectivity index (χ1v) is 11.8. The van der Waals surface area contributed by atoms with Gasteiger partial charge in [0.05, 0.1) is 10.6 Å². The molecule has 2 aliphatic rings. The SMILES string of the molecule is C[C@H]1CCC[C@H](C)N1C(=O)COC(=O)c1ccc(Cl)c(S(=O)(=O)N2CCCC2)c1. The summed E-state index contributed by atoms with van der Waals surface area (Å²) in [5, 5.41) is 0.0560. The molecule has 0 saturated carbocycles. The van der Waals surface area contributed by atoms with Crippen molar-refractivity contribution in [3.05, 3.63) is 28.8 Å². The molecule has 0 aliphatic carbocycles. The van der Waals surface area contributed by atoms with Crippen LogP contribution in [-0.4, -0.2) is 61.3 Å². The van der Waals surface area contributed by atoms with Crippen molar-refractivity contribution in [2.24, 2.45) is 0 Å². The first kappa shape index (κ1) is 22.1. The number of halogens is 1. The van der Waals surface area contributed by atoms with Crippen molar-refractivity contribution in [1.82, 2.24) is 9.21 Å². The zero-order valence-electron chi connectivity index (χ0n) is 16.8. The molecule has 9 heteroatoms. The van der Waals surface area contributed by atoms with Crippen LogP contribution in [-0.2, 0) is 19.6 Å². The molecule has 2 fully saturated rings. The lowest BCUT2D eigenvalue weighted by Crippen LogP contribution is -2.49. The Morgan fingerprint density at radius 2 is 1.72 bits per heavy atom. The van der Waals surface area contributed by atoms with E-state index in [0.29, 0.717) is 13.1 Å². The molecule has 7 nitrogen and oxygen atoms in total. The molecule has 1 amide bonds. The standard InChI is InChI=1S/C20H27ClN2O5S/c1-14-6-5-7-15(2)23(14)19(24)13-28-20(25)16-8-9-17(21)18(12-16)29(26,27)22-10-3-4-11-22/h8-9,12,14-15H,3-7,10-11,13H2,1-2H3/t14-,15-/m0/s1. The molecule has 2 heterocycles. The van der Waals surface area contributed by atoms with Crippen LogP contribution in [0.4, 0.5) is 0 Å². The Morgan fingerprint density at radius 3 is 2.34 bits per heavy atom. The fourth-order valence-electron chi connectivity index (χ4n) is 4.09. The molecule has 1 aromatic rings. The first-order chi connectivity index (χ1) is 13.7. The average Bonchev–Trinajstić information content (AvgIpc) is 3.22. The summed E-state index contributed by atoms with van der Waals surface area (Å²) < 4.78 is 32.2. The van der Waals surface area contributed by atoms with E-state index in [-0.39, 0.29) is 40.1 Å². The predicted molar refractivity (Wildman–Crippen MR) is 109 cm³/mol. The third-order valence-electron chi connectivity index (χ3n) is 5.66.